The highest BCUT2D eigenvalue weighted by atomic mass is 16.5. The lowest BCUT2D eigenvalue weighted by molar-refractivity contribution is -0.154. The molecule has 6 atom stereocenters. The predicted molar refractivity (Wildman–Crippen MR) is 92.7 cm³/mol. The van der Waals surface area contributed by atoms with Crippen LogP contribution >= 0.6 is 0 Å². The summed E-state index contributed by atoms with van der Waals surface area (Å²) in [4.78, 5) is 36.3. The Morgan fingerprint density at radius 1 is 1.08 bits per heavy atom. The second kappa shape index (κ2) is 5.52. The van der Waals surface area contributed by atoms with Crippen LogP contribution in [0.15, 0.2) is 11.6 Å². The molecule has 4 rings (SSSR count). The van der Waals surface area contributed by atoms with Crippen LogP contribution < -0.4 is 0 Å². The highest BCUT2D eigenvalue weighted by molar-refractivity contribution is 5.92. The third kappa shape index (κ3) is 2.36. The standard InChI is InChI=1S/C21H28O4/c1-12(22)25-18-11-14-15-4-5-19(24)21(15,3)9-7-16(14)20(2)8-6-13(23)10-17(18)20/h10,14-16,18H,4-9,11H2,1-3H3/t14-,15-,16-,18-,20-,21+/m1/s1. The zero-order valence-electron chi connectivity index (χ0n) is 15.5. The van der Waals surface area contributed by atoms with Crippen molar-refractivity contribution in [2.45, 2.75) is 71.8 Å². The molecule has 3 saturated carbocycles. The minimum absolute atomic E-state index is 0.0795. The lowest BCUT2D eigenvalue weighted by Crippen LogP contribution is -2.54. The SMILES string of the molecule is CC(=O)O[C@@H]1C[C@H]2[C@@H](CC[C@]3(C)C(=O)CC[C@H]23)[C@@]2(C)CCC(=O)C=C12. The Kier molecular flexibility index (Phi) is 3.75. The Morgan fingerprint density at radius 3 is 2.52 bits per heavy atom. The van der Waals surface area contributed by atoms with Crippen LogP contribution in [0, 0.1) is 28.6 Å². The maximum atomic E-state index is 12.5. The van der Waals surface area contributed by atoms with Gasteiger partial charge in [0.1, 0.15) is 11.9 Å². The Labute approximate surface area is 149 Å². The molecule has 25 heavy (non-hydrogen) atoms. The first kappa shape index (κ1) is 17.0. The summed E-state index contributed by atoms with van der Waals surface area (Å²) in [5.74, 6) is 1.58. The number of fused-ring (bicyclic) bond motifs is 5. The van der Waals surface area contributed by atoms with E-state index in [0.717, 1.165) is 37.7 Å². The first-order valence-electron chi connectivity index (χ1n) is 9.71. The smallest absolute Gasteiger partial charge is 0.303 e. The fraction of sp³-hybridized carbons (Fsp3) is 0.762. The molecule has 0 aromatic rings. The van der Waals surface area contributed by atoms with Crippen LogP contribution in [0.1, 0.15) is 65.7 Å². The first-order chi connectivity index (χ1) is 11.8. The number of hydrogen-bond donors (Lipinski definition) is 0. The Balaban J connectivity index is 1.75. The normalized spacial score (nSPS) is 46.0. The highest BCUT2D eigenvalue weighted by Gasteiger charge is 2.61. The Hall–Kier alpha value is -1.45. The van der Waals surface area contributed by atoms with Gasteiger partial charge in [0.05, 0.1) is 0 Å². The fourth-order valence-electron chi connectivity index (χ4n) is 6.66. The second-order valence-electron chi connectivity index (χ2n) is 9.11. The molecule has 0 N–H and O–H groups in total. The van der Waals surface area contributed by atoms with Gasteiger partial charge in [-0.1, -0.05) is 13.8 Å². The summed E-state index contributed by atoms with van der Waals surface area (Å²) in [5, 5.41) is 0. The molecule has 0 spiro atoms. The third-order valence-corrected chi connectivity index (χ3v) is 7.97. The zero-order valence-corrected chi connectivity index (χ0v) is 15.5. The molecular formula is C21H28O4. The molecule has 4 aliphatic rings. The van der Waals surface area contributed by atoms with Gasteiger partial charge in [0, 0.05) is 25.2 Å². The lowest BCUT2D eigenvalue weighted by atomic mass is 9.47. The van der Waals surface area contributed by atoms with Gasteiger partial charge in [0.15, 0.2) is 5.78 Å². The molecule has 136 valence electrons. The average molecular weight is 344 g/mol. The molecule has 0 bridgehead atoms. The number of carbonyl (C=O) groups is 3. The average Bonchev–Trinajstić information content (AvgIpc) is 2.84. The summed E-state index contributed by atoms with van der Waals surface area (Å²) < 4.78 is 5.69. The molecule has 0 aromatic heterocycles. The van der Waals surface area contributed by atoms with Crippen LogP contribution in [0.3, 0.4) is 0 Å². The highest BCUT2D eigenvalue weighted by Crippen LogP contribution is 2.64. The second-order valence-corrected chi connectivity index (χ2v) is 9.11. The number of carbonyl (C=O) groups excluding carboxylic acids is 3. The monoisotopic (exact) mass is 344 g/mol. The molecule has 0 aliphatic heterocycles. The number of rotatable bonds is 1. The van der Waals surface area contributed by atoms with Gasteiger partial charge < -0.3 is 4.74 Å². The van der Waals surface area contributed by atoms with E-state index in [1.54, 1.807) is 6.08 Å². The van der Waals surface area contributed by atoms with E-state index in [9.17, 15) is 14.4 Å². The number of esters is 1. The molecule has 4 heteroatoms. The van der Waals surface area contributed by atoms with Crippen molar-refractivity contribution in [3.8, 4) is 0 Å². The number of Topliss-reactive ketones (excluding diaryl/α,β-unsaturated/α-hetero) is 1. The van der Waals surface area contributed by atoms with Gasteiger partial charge in [-0.15, -0.1) is 0 Å². The van der Waals surface area contributed by atoms with E-state index < -0.39 is 0 Å². The largest absolute Gasteiger partial charge is 0.458 e. The van der Waals surface area contributed by atoms with E-state index in [-0.39, 0.29) is 28.7 Å². The van der Waals surface area contributed by atoms with Gasteiger partial charge in [0.2, 0.25) is 0 Å². The maximum absolute atomic E-state index is 12.5. The summed E-state index contributed by atoms with van der Waals surface area (Å²) in [6.07, 6.45) is 7.33. The third-order valence-electron chi connectivity index (χ3n) is 7.97. The first-order valence-corrected chi connectivity index (χ1v) is 9.71. The molecule has 3 fully saturated rings. The van der Waals surface area contributed by atoms with Crippen LogP contribution in [0.2, 0.25) is 0 Å². The van der Waals surface area contributed by atoms with Crippen molar-refractivity contribution in [2.24, 2.45) is 28.6 Å². The van der Waals surface area contributed by atoms with Crippen LogP contribution in [0.25, 0.3) is 0 Å². The van der Waals surface area contributed by atoms with E-state index >= 15 is 0 Å². The summed E-state index contributed by atoms with van der Waals surface area (Å²) >= 11 is 0. The predicted octanol–water partition coefficient (Wildman–Crippen LogP) is 3.63. The summed E-state index contributed by atoms with van der Waals surface area (Å²) in [6.45, 7) is 5.86. The van der Waals surface area contributed by atoms with E-state index in [1.807, 2.05) is 0 Å². The quantitative estimate of drug-likeness (QED) is 0.682. The minimum atomic E-state index is -0.300. The topological polar surface area (TPSA) is 60.4 Å². The molecule has 0 aromatic carbocycles. The van der Waals surface area contributed by atoms with Crippen molar-refractivity contribution in [1.29, 1.82) is 0 Å². The van der Waals surface area contributed by atoms with Crippen molar-refractivity contribution in [1.82, 2.24) is 0 Å². The summed E-state index contributed by atoms with van der Waals surface area (Å²) in [6, 6.07) is 0. The van der Waals surface area contributed by atoms with E-state index in [2.05, 4.69) is 13.8 Å². The molecule has 0 amide bonds. The maximum Gasteiger partial charge on any atom is 0.303 e. The van der Waals surface area contributed by atoms with Crippen LogP contribution in [-0.2, 0) is 19.1 Å². The molecule has 0 saturated heterocycles. The van der Waals surface area contributed by atoms with Gasteiger partial charge in [-0.2, -0.15) is 0 Å². The van der Waals surface area contributed by atoms with Gasteiger partial charge in [0.25, 0.3) is 0 Å². The van der Waals surface area contributed by atoms with E-state index in [4.69, 9.17) is 4.74 Å². The summed E-state index contributed by atoms with van der Waals surface area (Å²) in [5.41, 5.74) is 0.765. The van der Waals surface area contributed by atoms with Gasteiger partial charge >= 0.3 is 5.97 Å². The number of ether oxygens (including phenoxy) is 1. The van der Waals surface area contributed by atoms with Crippen molar-refractivity contribution < 1.29 is 19.1 Å². The van der Waals surface area contributed by atoms with Gasteiger partial charge in [-0.3, -0.25) is 14.4 Å². The van der Waals surface area contributed by atoms with Crippen molar-refractivity contribution in [3.63, 3.8) is 0 Å². The lowest BCUT2D eigenvalue weighted by Gasteiger charge is -2.58. The summed E-state index contributed by atoms with van der Waals surface area (Å²) in [7, 11) is 0. The number of hydrogen-bond acceptors (Lipinski definition) is 4. The fourth-order valence-corrected chi connectivity index (χ4v) is 6.66. The van der Waals surface area contributed by atoms with Crippen molar-refractivity contribution in [3.05, 3.63) is 11.6 Å². The molecule has 0 radical (unpaired) electrons. The molecule has 0 heterocycles. The Bertz CT molecular complexity index is 677. The minimum Gasteiger partial charge on any atom is -0.458 e. The van der Waals surface area contributed by atoms with Crippen molar-refractivity contribution >= 4 is 17.5 Å². The molecule has 0 unspecified atom stereocenters. The van der Waals surface area contributed by atoms with Crippen LogP contribution in [-0.4, -0.2) is 23.6 Å². The molecule has 4 nitrogen and oxygen atoms in total. The van der Waals surface area contributed by atoms with Gasteiger partial charge in [-0.05, 0) is 66.9 Å². The molecule has 4 aliphatic carbocycles. The number of ketones is 2. The zero-order chi connectivity index (χ0) is 18.0. The van der Waals surface area contributed by atoms with Crippen LogP contribution in [0.5, 0.6) is 0 Å². The molecular weight excluding hydrogens is 316 g/mol. The van der Waals surface area contributed by atoms with Crippen LogP contribution in [0.4, 0.5) is 0 Å². The van der Waals surface area contributed by atoms with Gasteiger partial charge in [-0.25, -0.2) is 0 Å². The van der Waals surface area contributed by atoms with E-state index in [1.165, 1.54) is 6.92 Å². The Morgan fingerprint density at radius 2 is 1.80 bits per heavy atom. The van der Waals surface area contributed by atoms with Crippen molar-refractivity contribution in [2.75, 3.05) is 0 Å². The van der Waals surface area contributed by atoms with E-state index in [0.29, 0.717) is 36.4 Å².